The van der Waals surface area contributed by atoms with Crippen molar-refractivity contribution in [2.24, 2.45) is 0 Å². The zero-order chi connectivity index (χ0) is 13.9. The zero-order valence-electron chi connectivity index (χ0n) is 12.4. The molecule has 0 saturated carbocycles. The molecule has 3 aromatic carbocycles. The smallest absolute Gasteiger partial charge is 0.0105 e. The number of aryl methyl sites for hydroxylation is 2. The van der Waals surface area contributed by atoms with Crippen molar-refractivity contribution in [3.05, 3.63) is 59.7 Å². The summed E-state index contributed by atoms with van der Waals surface area (Å²) in [6.45, 7) is 4.47. The fourth-order valence-corrected chi connectivity index (χ4v) is 3.06. The van der Waals surface area contributed by atoms with Gasteiger partial charge >= 0.3 is 0 Å². The van der Waals surface area contributed by atoms with E-state index in [0.29, 0.717) is 0 Å². The summed E-state index contributed by atoms with van der Waals surface area (Å²) in [5.74, 6) is 0. The largest absolute Gasteiger partial charge is 0.0651 e. The molecule has 0 unspecified atom stereocenters. The number of hydrogen-bond donors (Lipinski definition) is 0. The molecule has 0 amide bonds. The van der Waals surface area contributed by atoms with Crippen LogP contribution in [-0.4, -0.2) is 0 Å². The van der Waals surface area contributed by atoms with Gasteiger partial charge in [0.15, 0.2) is 0 Å². The van der Waals surface area contributed by atoms with Crippen LogP contribution in [0.5, 0.6) is 0 Å². The van der Waals surface area contributed by atoms with Gasteiger partial charge in [-0.25, -0.2) is 0 Å². The van der Waals surface area contributed by atoms with Crippen molar-refractivity contribution < 1.29 is 0 Å². The predicted octanol–water partition coefficient (Wildman–Crippen LogP) is 5.90. The molecule has 0 N–H and O–H groups in total. The molecule has 0 atom stereocenters. The Morgan fingerprint density at radius 2 is 1.05 bits per heavy atom. The lowest BCUT2D eigenvalue weighted by atomic mass is 9.97. The van der Waals surface area contributed by atoms with Gasteiger partial charge in [-0.15, -0.1) is 0 Å². The molecule has 3 rings (SSSR count). The Labute approximate surface area is 121 Å². The minimum absolute atomic E-state index is 1.17. The van der Waals surface area contributed by atoms with Crippen LogP contribution in [0.2, 0.25) is 0 Å². The molecule has 0 bridgehead atoms. The van der Waals surface area contributed by atoms with Gasteiger partial charge in [0.2, 0.25) is 0 Å². The van der Waals surface area contributed by atoms with Crippen LogP contribution < -0.4 is 0 Å². The number of rotatable bonds is 4. The molecule has 0 heteroatoms. The first-order valence-corrected chi connectivity index (χ1v) is 7.76. The highest BCUT2D eigenvalue weighted by atomic mass is 14.1. The van der Waals surface area contributed by atoms with E-state index in [1.54, 1.807) is 0 Å². The van der Waals surface area contributed by atoms with Gasteiger partial charge in [0.25, 0.3) is 0 Å². The Kier molecular flexibility index (Phi) is 3.73. The fraction of sp³-hybridized carbons (Fsp3) is 0.300. The van der Waals surface area contributed by atoms with Gasteiger partial charge in [-0.3, -0.25) is 0 Å². The average Bonchev–Trinajstić information content (AvgIpc) is 2.47. The maximum Gasteiger partial charge on any atom is -0.0105 e. The topological polar surface area (TPSA) is 0 Å². The van der Waals surface area contributed by atoms with E-state index >= 15 is 0 Å². The van der Waals surface area contributed by atoms with E-state index in [1.165, 1.54) is 58.4 Å². The lowest BCUT2D eigenvalue weighted by Crippen LogP contribution is -1.86. The maximum absolute atomic E-state index is 2.35. The van der Waals surface area contributed by atoms with Crippen LogP contribution in [0.15, 0.2) is 48.5 Å². The Bertz CT molecular complexity index is 673. The molecule has 0 saturated heterocycles. The third-order valence-corrected chi connectivity index (χ3v) is 4.04. The van der Waals surface area contributed by atoms with Gasteiger partial charge in [0, 0.05) is 0 Å². The lowest BCUT2D eigenvalue weighted by Gasteiger charge is -2.08. The molecule has 0 aliphatic carbocycles. The second-order valence-corrected chi connectivity index (χ2v) is 5.68. The quantitative estimate of drug-likeness (QED) is 0.514. The van der Waals surface area contributed by atoms with Crippen molar-refractivity contribution in [3.63, 3.8) is 0 Å². The standard InChI is InChI=1S/C20H22/c1-3-5-15-7-11-19-17(13-15)9-10-18-14-16(6-4-2)8-12-20(18)19/h7-14H,3-6H2,1-2H3. The Hall–Kier alpha value is -1.82. The SMILES string of the molecule is CCCc1ccc2c(ccc3cc(CCC)ccc32)c1. The summed E-state index contributed by atoms with van der Waals surface area (Å²) in [6.07, 6.45) is 4.76. The molecule has 0 nitrogen and oxygen atoms in total. The number of hydrogen-bond acceptors (Lipinski definition) is 0. The van der Waals surface area contributed by atoms with Crippen LogP contribution in [0.4, 0.5) is 0 Å². The van der Waals surface area contributed by atoms with E-state index in [1.807, 2.05) is 0 Å². The molecule has 0 spiro atoms. The maximum atomic E-state index is 2.35. The van der Waals surface area contributed by atoms with Crippen molar-refractivity contribution >= 4 is 21.5 Å². The second-order valence-electron chi connectivity index (χ2n) is 5.68. The van der Waals surface area contributed by atoms with E-state index in [-0.39, 0.29) is 0 Å². The van der Waals surface area contributed by atoms with E-state index in [0.717, 1.165) is 0 Å². The summed E-state index contributed by atoms with van der Waals surface area (Å²) in [5, 5.41) is 5.49. The summed E-state index contributed by atoms with van der Waals surface area (Å²) in [5.41, 5.74) is 2.89. The number of benzene rings is 3. The van der Waals surface area contributed by atoms with Gasteiger partial charge in [0.05, 0.1) is 0 Å². The molecule has 3 aromatic rings. The molecule has 0 aliphatic rings. The molecular formula is C20H22. The summed E-state index contributed by atoms with van der Waals surface area (Å²) in [7, 11) is 0. The third-order valence-electron chi connectivity index (χ3n) is 4.04. The lowest BCUT2D eigenvalue weighted by molar-refractivity contribution is 0.923. The highest BCUT2D eigenvalue weighted by molar-refractivity contribution is 6.07. The molecule has 0 aliphatic heterocycles. The second kappa shape index (κ2) is 5.66. The van der Waals surface area contributed by atoms with Gasteiger partial charge in [-0.05, 0) is 45.5 Å². The molecule has 0 heterocycles. The van der Waals surface area contributed by atoms with Crippen molar-refractivity contribution in [2.45, 2.75) is 39.5 Å². The molecule has 0 fully saturated rings. The highest BCUT2D eigenvalue weighted by Crippen LogP contribution is 2.27. The van der Waals surface area contributed by atoms with Crippen LogP contribution >= 0.6 is 0 Å². The number of fused-ring (bicyclic) bond motifs is 3. The first kappa shape index (κ1) is 13.2. The summed E-state index contributed by atoms with van der Waals surface area (Å²) < 4.78 is 0. The minimum Gasteiger partial charge on any atom is -0.0651 e. The van der Waals surface area contributed by atoms with Crippen molar-refractivity contribution in [3.8, 4) is 0 Å². The minimum atomic E-state index is 1.17. The van der Waals surface area contributed by atoms with Gasteiger partial charge in [-0.1, -0.05) is 75.2 Å². The van der Waals surface area contributed by atoms with Gasteiger partial charge in [0.1, 0.15) is 0 Å². The van der Waals surface area contributed by atoms with E-state index in [9.17, 15) is 0 Å². The predicted molar refractivity (Wildman–Crippen MR) is 89.4 cm³/mol. The summed E-state index contributed by atoms with van der Waals surface area (Å²) >= 11 is 0. The first-order chi connectivity index (χ1) is 9.81. The summed E-state index contributed by atoms with van der Waals surface area (Å²) in [4.78, 5) is 0. The van der Waals surface area contributed by atoms with Gasteiger partial charge < -0.3 is 0 Å². The highest BCUT2D eigenvalue weighted by Gasteiger charge is 2.03. The fourth-order valence-electron chi connectivity index (χ4n) is 3.06. The third kappa shape index (κ3) is 2.43. The van der Waals surface area contributed by atoms with Crippen molar-refractivity contribution in [1.82, 2.24) is 0 Å². The first-order valence-electron chi connectivity index (χ1n) is 7.76. The van der Waals surface area contributed by atoms with Crippen molar-refractivity contribution in [2.75, 3.05) is 0 Å². The summed E-state index contributed by atoms with van der Waals surface area (Å²) in [6, 6.07) is 18.4. The van der Waals surface area contributed by atoms with Crippen LogP contribution in [0.25, 0.3) is 21.5 Å². The molecule has 0 radical (unpaired) electrons. The van der Waals surface area contributed by atoms with E-state index < -0.39 is 0 Å². The Balaban J connectivity index is 2.15. The van der Waals surface area contributed by atoms with Crippen LogP contribution in [0.3, 0.4) is 0 Å². The van der Waals surface area contributed by atoms with Crippen LogP contribution in [0, 0.1) is 0 Å². The van der Waals surface area contributed by atoms with Crippen LogP contribution in [-0.2, 0) is 12.8 Å². The monoisotopic (exact) mass is 262 g/mol. The molecule has 0 aromatic heterocycles. The Morgan fingerprint density at radius 1 is 0.600 bits per heavy atom. The normalized spacial score (nSPS) is 11.3. The average molecular weight is 262 g/mol. The molecule has 102 valence electrons. The van der Waals surface area contributed by atoms with Crippen LogP contribution in [0.1, 0.15) is 37.8 Å². The van der Waals surface area contributed by atoms with E-state index in [4.69, 9.17) is 0 Å². The molecule has 20 heavy (non-hydrogen) atoms. The molecular weight excluding hydrogens is 240 g/mol. The van der Waals surface area contributed by atoms with Gasteiger partial charge in [-0.2, -0.15) is 0 Å². The van der Waals surface area contributed by atoms with Crippen molar-refractivity contribution in [1.29, 1.82) is 0 Å². The zero-order valence-corrected chi connectivity index (χ0v) is 12.4. The Morgan fingerprint density at radius 3 is 1.45 bits per heavy atom. The van der Waals surface area contributed by atoms with E-state index in [2.05, 4.69) is 62.4 Å².